The first-order chi connectivity index (χ1) is 10.2. The molecule has 1 spiro atoms. The third kappa shape index (κ3) is 3.44. The smallest absolute Gasteiger partial charge is 0.170 e. The number of nitrogens with one attached hydrogen (secondary N) is 1. The molecular formula is C17H32N2O2. The Morgan fingerprint density at radius 2 is 1.95 bits per heavy atom. The molecule has 3 unspecified atom stereocenters. The van der Waals surface area contributed by atoms with Crippen LogP contribution in [0.25, 0.3) is 0 Å². The minimum absolute atomic E-state index is 0.275. The van der Waals surface area contributed by atoms with Crippen molar-refractivity contribution in [1.82, 2.24) is 10.2 Å². The van der Waals surface area contributed by atoms with Crippen molar-refractivity contribution in [3.63, 3.8) is 0 Å². The number of ether oxygens (including phenoxy) is 2. The van der Waals surface area contributed by atoms with Gasteiger partial charge in [0, 0.05) is 31.0 Å². The van der Waals surface area contributed by atoms with Crippen LogP contribution in [0, 0.1) is 0 Å². The molecule has 4 heteroatoms. The van der Waals surface area contributed by atoms with E-state index in [0.717, 1.165) is 32.6 Å². The zero-order chi connectivity index (χ0) is 14.7. The van der Waals surface area contributed by atoms with Gasteiger partial charge in [-0.15, -0.1) is 0 Å². The molecule has 122 valence electrons. The number of likely N-dealkylation sites (N-methyl/N-ethyl adjacent to an activating group) is 1. The van der Waals surface area contributed by atoms with Gasteiger partial charge in [0.15, 0.2) is 5.79 Å². The minimum atomic E-state index is -0.275. The highest BCUT2D eigenvalue weighted by atomic mass is 16.7. The molecule has 21 heavy (non-hydrogen) atoms. The average Bonchev–Trinajstić information content (AvgIpc) is 2.82. The summed E-state index contributed by atoms with van der Waals surface area (Å²) in [5, 5.41) is 3.73. The second kappa shape index (κ2) is 6.95. The van der Waals surface area contributed by atoms with Crippen LogP contribution in [0.2, 0.25) is 0 Å². The highest BCUT2D eigenvalue weighted by Gasteiger charge is 2.47. The number of nitrogens with zero attached hydrogens (tertiary/aromatic N) is 1. The van der Waals surface area contributed by atoms with Crippen molar-refractivity contribution in [2.75, 3.05) is 26.3 Å². The summed E-state index contributed by atoms with van der Waals surface area (Å²) < 4.78 is 12.0. The van der Waals surface area contributed by atoms with Crippen LogP contribution >= 0.6 is 0 Å². The summed E-state index contributed by atoms with van der Waals surface area (Å²) in [6.07, 6.45) is 8.70. The van der Waals surface area contributed by atoms with E-state index in [1.807, 2.05) is 0 Å². The van der Waals surface area contributed by atoms with E-state index < -0.39 is 0 Å². The Hall–Kier alpha value is -0.160. The van der Waals surface area contributed by atoms with Crippen molar-refractivity contribution >= 4 is 0 Å². The maximum Gasteiger partial charge on any atom is 0.170 e. The zero-order valence-electron chi connectivity index (χ0n) is 13.8. The topological polar surface area (TPSA) is 33.7 Å². The summed E-state index contributed by atoms with van der Waals surface area (Å²) in [5.41, 5.74) is 0. The molecule has 0 aromatic rings. The fraction of sp³-hybridized carbons (Fsp3) is 1.00. The van der Waals surface area contributed by atoms with E-state index in [0.29, 0.717) is 18.1 Å². The molecule has 0 aromatic heterocycles. The quantitative estimate of drug-likeness (QED) is 0.868. The Bertz CT molecular complexity index is 331. The maximum absolute atomic E-state index is 6.02. The Labute approximate surface area is 129 Å². The lowest BCUT2D eigenvalue weighted by atomic mass is 9.83. The van der Waals surface area contributed by atoms with Gasteiger partial charge in [-0.3, -0.25) is 4.90 Å². The monoisotopic (exact) mass is 296 g/mol. The molecule has 3 fully saturated rings. The van der Waals surface area contributed by atoms with Crippen LogP contribution in [0.1, 0.15) is 58.8 Å². The molecule has 4 nitrogen and oxygen atoms in total. The molecule has 2 heterocycles. The fourth-order valence-corrected chi connectivity index (χ4v) is 4.53. The molecule has 3 atom stereocenters. The van der Waals surface area contributed by atoms with Crippen molar-refractivity contribution in [3.8, 4) is 0 Å². The van der Waals surface area contributed by atoms with E-state index in [1.165, 1.54) is 38.6 Å². The van der Waals surface area contributed by atoms with Gasteiger partial charge in [0.2, 0.25) is 0 Å². The molecule has 0 aromatic carbocycles. The van der Waals surface area contributed by atoms with Gasteiger partial charge in [-0.2, -0.15) is 0 Å². The van der Waals surface area contributed by atoms with Gasteiger partial charge in [0.25, 0.3) is 0 Å². The van der Waals surface area contributed by atoms with Crippen molar-refractivity contribution in [2.24, 2.45) is 0 Å². The van der Waals surface area contributed by atoms with Gasteiger partial charge >= 0.3 is 0 Å². The van der Waals surface area contributed by atoms with Gasteiger partial charge in [-0.25, -0.2) is 0 Å². The van der Waals surface area contributed by atoms with Gasteiger partial charge in [-0.1, -0.05) is 19.8 Å². The van der Waals surface area contributed by atoms with E-state index >= 15 is 0 Å². The summed E-state index contributed by atoms with van der Waals surface area (Å²) in [5.74, 6) is -0.275. The van der Waals surface area contributed by atoms with E-state index in [1.54, 1.807) is 0 Å². The molecule has 3 aliphatic rings. The predicted octanol–water partition coefficient (Wildman–Crippen LogP) is 2.52. The van der Waals surface area contributed by atoms with Crippen LogP contribution in [0.5, 0.6) is 0 Å². The molecule has 1 saturated carbocycles. The number of hydrogen-bond acceptors (Lipinski definition) is 4. The second-order valence-corrected chi connectivity index (χ2v) is 7.02. The normalized spacial score (nSPS) is 37.7. The van der Waals surface area contributed by atoms with Crippen molar-refractivity contribution in [3.05, 3.63) is 0 Å². The maximum atomic E-state index is 6.02. The van der Waals surface area contributed by atoms with Crippen LogP contribution in [-0.4, -0.2) is 55.1 Å². The standard InChI is InChI=1S/C17H32N2O2/c1-3-18-15-8-9-17(20-11-12-21-17)13-16(15)19-10-6-4-5-7-14(19)2/h14-16,18H,3-13H2,1-2H3. The molecule has 3 rings (SSSR count). The Morgan fingerprint density at radius 3 is 2.71 bits per heavy atom. The number of rotatable bonds is 3. The third-order valence-electron chi connectivity index (χ3n) is 5.63. The van der Waals surface area contributed by atoms with E-state index in [4.69, 9.17) is 9.47 Å². The van der Waals surface area contributed by atoms with Crippen LogP contribution in [-0.2, 0) is 9.47 Å². The lowest BCUT2D eigenvalue weighted by molar-refractivity contribution is -0.195. The van der Waals surface area contributed by atoms with Crippen molar-refractivity contribution in [2.45, 2.75) is 82.7 Å². The molecule has 2 aliphatic heterocycles. The SMILES string of the molecule is CCNC1CCC2(CC1N1CCCCCC1C)OCCO2. The Kier molecular flexibility index (Phi) is 5.20. The number of likely N-dealkylation sites (tertiary alicyclic amines) is 1. The highest BCUT2D eigenvalue weighted by molar-refractivity contribution is 4.98. The summed E-state index contributed by atoms with van der Waals surface area (Å²) in [7, 11) is 0. The molecule has 0 amide bonds. The summed E-state index contributed by atoms with van der Waals surface area (Å²) >= 11 is 0. The van der Waals surface area contributed by atoms with Crippen LogP contribution in [0.15, 0.2) is 0 Å². The summed E-state index contributed by atoms with van der Waals surface area (Å²) in [6, 6.07) is 1.84. The molecule has 0 bridgehead atoms. The largest absolute Gasteiger partial charge is 0.347 e. The minimum Gasteiger partial charge on any atom is -0.347 e. The lowest BCUT2D eigenvalue weighted by Gasteiger charge is -2.47. The van der Waals surface area contributed by atoms with Crippen LogP contribution in [0.4, 0.5) is 0 Å². The van der Waals surface area contributed by atoms with Crippen molar-refractivity contribution in [1.29, 1.82) is 0 Å². The Morgan fingerprint density at radius 1 is 1.14 bits per heavy atom. The highest BCUT2D eigenvalue weighted by Crippen LogP contribution is 2.39. The summed E-state index contributed by atoms with van der Waals surface area (Å²) in [6.45, 7) is 8.46. The van der Waals surface area contributed by atoms with E-state index in [9.17, 15) is 0 Å². The average molecular weight is 296 g/mol. The molecule has 1 aliphatic carbocycles. The van der Waals surface area contributed by atoms with Gasteiger partial charge in [-0.05, 0) is 39.3 Å². The first-order valence-corrected chi connectivity index (χ1v) is 9.01. The van der Waals surface area contributed by atoms with E-state index in [2.05, 4.69) is 24.1 Å². The molecule has 2 saturated heterocycles. The summed E-state index contributed by atoms with van der Waals surface area (Å²) in [4.78, 5) is 2.76. The lowest BCUT2D eigenvalue weighted by Crippen LogP contribution is -2.59. The first-order valence-electron chi connectivity index (χ1n) is 9.01. The second-order valence-electron chi connectivity index (χ2n) is 7.02. The fourth-order valence-electron chi connectivity index (χ4n) is 4.53. The molecular weight excluding hydrogens is 264 g/mol. The van der Waals surface area contributed by atoms with E-state index in [-0.39, 0.29) is 5.79 Å². The van der Waals surface area contributed by atoms with Gasteiger partial charge < -0.3 is 14.8 Å². The number of hydrogen-bond donors (Lipinski definition) is 1. The van der Waals surface area contributed by atoms with Crippen LogP contribution in [0.3, 0.4) is 0 Å². The molecule has 1 N–H and O–H groups in total. The van der Waals surface area contributed by atoms with Crippen LogP contribution < -0.4 is 5.32 Å². The molecule has 0 radical (unpaired) electrons. The third-order valence-corrected chi connectivity index (χ3v) is 5.63. The van der Waals surface area contributed by atoms with Gasteiger partial charge in [0.05, 0.1) is 13.2 Å². The zero-order valence-corrected chi connectivity index (χ0v) is 13.8. The van der Waals surface area contributed by atoms with Gasteiger partial charge in [0.1, 0.15) is 0 Å². The Balaban J connectivity index is 1.75. The van der Waals surface area contributed by atoms with Crippen molar-refractivity contribution < 1.29 is 9.47 Å². The predicted molar refractivity (Wildman–Crippen MR) is 84.4 cm³/mol. The first kappa shape index (κ1) is 15.7.